The van der Waals surface area contributed by atoms with Crippen LogP contribution in [0.3, 0.4) is 0 Å². The van der Waals surface area contributed by atoms with E-state index < -0.39 is 11.4 Å². The molecule has 0 spiro atoms. The van der Waals surface area contributed by atoms with Crippen molar-refractivity contribution in [1.29, 1.82) is 0 Å². The highest BCUT2D eigenvalue weighted by molar-refractivity contribution is 7.13. The first-order chi connectivity index (χ1) is 8.84. The van der Waals surface area contributed by atoms with Gasteiger partial charge in [0.1, 0.15) is 5.41 Å². The van der Waals surface area contributed by atoms with E-state index in [9.17, 15) is 9.90 Å². The van der Waals surface area contributed by atoms with E-state index in [2.05, 4.69) is 23.7 Å². The average molecular weight is 282 g/mol. The third-order valence-corrected chi connectivity index (χ3v) is 5.16. The van der Waals surface area contributed by atoms with E-state index >= 15 is 0 Å². The van der Waals surface area contributed by atoms with Gasteiger partial charge >= 0.3 is 5.97 Å². The lowest BCUT2D eigenvalue weighted by Crippen LogP contribution is -2.42. The molecular formula is C14H22N2O2S. The Bertz CT molecular complexity index is 470. The second-order valence-electron chi connectivity index (χ2n) is 6.00. The number of nitrogens with zero attached hydrogens (tertiary/aromatic N) is 2. The van der Waals surface area contributed by atoms with Crippen molar-refractivity contribution in [3.8, 4) is 0 Å². The summed E-state index contributed by atoms with van der Waals surface area (Å²) in [6, 6.07) is 0.473. The third kappa shape index (κ3) is 2.61. The third-order valence-electron chi connectivity index (χ3n) is 4.29. The Balaban J connectivity index is 2.24. The molecule has 1 aromatic heterocycles. The van der Waals surface area contributed by atoms with Gasteiger partial charge in [0, 0.05) is 18.0 Å². The molecule has 2 rings (SSSR count). The molecule has 1 N–H and O–H groups in total. The largest absolute Gasteiger partial charge is 0.481 e. The molecule has 1 saturated heterocycles. The average Bonchev–Trinajstić information content (AvgIpc) is 2.82. The second kappa shape index (κ2) is 5.12. The van der Waals surface area contributed by atoms with Crippen LogP contribution in [0.5, 0.6) is 0 Å². The molecule has 0 aromatic carbocycles. The molecule has 0 aliphatic carbocycles. The number of aromatic nitrogens is 1. The lowest BCUT2D eigenvalue weighted by molar-refractivity contribution is -0.142. The van der Waals surface area contributed by atoms with Gasteiger partial charge in [-0.3, -0.25) is 4.79 Å². The summed E-state index contributed by atoms with van der Waals surface area (Å²) in [4.78, 5) is 18.2. The van der Waals surface area contributed by atoms with Gasteiger partial charge in [-0.2, -0.15) is 0 Å². The number of hydrogen-bond acceptors (Lipinski definition) is 4. The molecule has 0 saturated carbocycles. The summed E-state index contributed by atoms with van der Waals surface area (Å²) in [6.07, 6.45) is 2.44. The molecular weight excluding hydrogens is 260 g/mol. The van der Waals surface area contributed by atoms with Crippen LogP contribution in [0.25, 0.3) is 0 Å². The van der Waals surface area contributed by atoms with E-state index in [-0.39, 0.29) is 0 Å². The highest BCUT2D eigenvalue weighted by Crippen LogP contribution is 2.33. The molecule has 1 aliphatic rings. The first-order valence-electron chi connectivity index (χ1n) is 6.80. The Hall–Kier alpha value is -1.10. The summed E-state index contributed by atoms with van der Waals surface area (Å²) in [6.45, 7) is 8.93. The van der Waals surface area contributed by atoms with Gasteiger partial charge in [-0.05, 0) is 39.5 Å². The van der Waals surface area contributed by atoms with Gasteiger partial charge in [0.25, 0.3) is 0 Å². The number of carboxylic acids is 1. The van der Waals surface area contributed by atoms with Crippen LogP contribution in [0.4, 0.5) is 5.13 Å². The highest BCUT2D eigenvalue weighted by Gasteiger charge is 2.34. The summed E-state index contributed by atoms with van der Waals surface area (Å²) in [5, 5.41) is 12.1. The number of anilines is 1. The van der Waals surface area contributed by atoms with Gasteiger partial charge < -0.3 is 10.0 Å². The molecule has 0 bridgehead atoms. The van der Waals surface area contributed by atoms with Crippen LogP contribution < -0.4 is 4.90 Å². The Morgan fingerprint density at radius 3 is 2.84 bits per heavy atom. The Morgan fingerprint density at radius 1 is 1.53 bits per heavy atom. The van der Waals surface area contributed by atoms with E-state index in [1.807, 2.05) is 5.38 Å². The summed E-state index contributed by atoms with van der Waals surface area (Å²) in [5.74, 6) is -0.169. The molecule has 2 atom stereocenters. The van der Waals surface area contributed by atoms with Crippen LogP contribution in [-0.2, 0) is 10.2 Å². The van der Waals surface area contributed by atoms with Crippen LogP contribution in [0.1, 0.15) is 46.2 Å². The number of carboxylic acid groups (broad SMARTS) is 1. The Morgan fingerprint density at radius 2 is 2.21 bits per heavy atom. The SMILES string of the molecule is CC1CCCN(c2nc(C(C)(C)C(=O)O)cs2)C1C. The number of rotatable bonds is 3. The van der Waals surface area contributed by atoms with Crippen molar-refractivity contribution in [2.24, 2.45) is 5.92 Å². The summed E-state index contributed by atoms with van der Waals surface area (Å²) in [5.41, 5.74) is -0.259. The molecule has 2 unspecified atom stereocenters. The summed E-state index contributed by atoms with van der Waals surface area (Å²) < 4.78 is 0. The molecule has 106 valence electrons. The number of hydrogen-bond donors (Lipinski definition) is 1. The minimum Gasteiger partial charge on any atom is -0.481 e. The fourth-order valence-corrected chi connectivity index (χ4v) is 3.51. The van der Waals surface area contributed by atoms with E-state index in [4.69, 9.17) is 0 Å². The normalized spacial score (nSPS) is 24.5. The standard InChI is InChI=1S/C14H22N2O2S/c1-9-6-5-7-16(10(9)2)13-15-11(8-19-13)14(3,4)12(17)18/h8-10H,5-7H2,1-4H3,(H,17,18). The van der Waals surface area contributed by atoms with Gasteiger partial charge in [0.05, 0.1) is 5.69 Å². The van der Waals surface area contributed by atoms with Crippen LogP contribution in [-0.4, -0.2) is 28.6 Å². The molecule has 0 radical (unpaired) electrons. The van der Waals surface area contributed by atoms with Gasteiger partial charge in [0.2, 0.25) is 0 Å². The highest BCUT2D eigenvalue weighted by atomic mass is 32.1. The van der Waals surface area contributed by atoms with Crippen molar-refractivity contribution >= 4 is 22.4 Å². The van der Waals surface area contributed by atoms with E-state index in [0.29, 0.717) is 17.7 Å². The topological polar surface area (TPSA) is 53.4 Å². The van der Waals surface area contributed by atoms with Crippen molar-refractivity contribution in [2.45, 2.75) is 52.0 Å². The number of aliphatic carboxylic acids is 1. The molecule has 1 aromatic rings. The monoisotopic (exact) mass is 282 g/mol. The molecule has 19 heavy (non-hydrogen) atoms. The predicted molar refractivity (Wildman–Crippen MR) is 78.0 cm³/mol. The van der Waals surface area contributed by atoms with E-state index in [1.54, 1.807) is 25.2 Å². The lowest BCUT2D eigenvalue weighted by Gasteiger charge is -2.37. The maximum atomic E-state index is 11.3. The number of carbonyl (C=O) groups is 1. The van der Waals surface area contributed by atoms with Crippen molar-refractivity contribution in [3.63, 3.8) is 0 Å². The Labute approximate surface area is 118 Å². The lowest BCUT2D eigenvalue weighted by atomic mass is 9.90. The van der Waals surface area contributed by atoms with E-state index in [0.717, 1.165) is 11.7 Å². The molecule has 4 nitrogen and oxygen atoms in total. The minimum atomic E-state index is -0.917. The maximum Gasteiger partial charge on any atom is 0.315 e. The second-order valence-corrected chi connectivity index (χ2v) is 6.84. The maximum absolute atomic E-state index is 11.3. The quantitative estimate of drug-likeness (QED) is 0.925. The zero-order valence-electron chi connectivity index (χ0n) is 12.0. The van der Waals surface area contributed by atoms with Crippen molar-refractivity contribution in [1.82, 2.24) is 4.98 Å². The van der Waals surface area contributed by atoms with Gasteiger partial charge in [-0.25, -0.2) is 4.98 Å². The summed E-state index contributed by atoms with van der Waals surface area (Å²) >= 11 is 1.56. The van der Waals surface area contributed by atoms with Gasteiger partial charge in [-0.1, -0.05) is 6.92 Å². The van der Waals surface area contributed by atoms with Gasteiger partial charge in [-0.15, -0.1) is 11.3 Å². The van der Waals surface area contributed by atoms with Crippen LogP contribution in [0.15, 0.2) is 5.38 Å². The molecule has 5 heteroatoms. The minimum absolute atomic E-state index is 0.473. The molecule has 0 amide bonds. The van der Waals surface area contributed by atoms with Crippen molar-refractivity contribution in [3.05, 3.63) is 11.1 Å². The molecule has 2 heterocycles. The first-order valence-corrected chi connectivity index (χ1v) is 7.68. The summed E-state index contributed by atoms with van der Waals surface area (Å²) in [7, 11) is 0. The molecule has 1 aliphatic heterocycles. The van der Waals surface area contributed by atoms with Crippen LogP contribution in [0.2, 0.25) is 0 Å². The Kier molecular flexibility index (Phi) is 3.85. The van der Waals surface area contributed by atoms with Gasteiger partial charge in [0.15, 0.2) is 5.13 Å². The van der Waals surface area contributed by atoms with Crippen molar-refractivity contribution in [2.75, 3.05) is 11.4 Å². The fraction of sp³-hybridized carbons (Fsp3) is 0.714. The van der Waals surface area contributed by atoms with Crippen molar-refractivity contribution < 1.29 is 9.90 Å². The molecule has 1 fully saturated rings. The fourth-order valence-electron chi connectivity index (χ4n) is 2.40. The van der Waals surface area contributed by atoms with Crippen LogP contribution in [0, 0.1) is 5.92 Å². The number of thiazole rings is 1. The number of piperidine rings is 1. The first kappa shape index (κ1) is 14.3. The van der Waals surface area contributed by atoms with Crippen LogP contribution >= 0.6 is 11.3 Å². The van der Waals surface area contributed by atoms with E-state index in [1.165, 1.54) is 12.8 Å². The smallest absolute Gasteiger partial charge is 0.315 e. The zero-order chi connectivity index (χ0) is 14.2. The zero-order valence-corrected chi connectivity index (χ0v) is 12.8. The predicted octanol–water partition coefficient (Wildman–Crippen LogP) is 3.13.